The van der Waals surface area contributed by atoms with E-state index in [0.717, 1.165) is 23.1 Å². The van der Waals surface area contributed by atoms with Crippen molar-refractivity contribution >= 4 is 5.97 Å². The van der Waals surface area contributed by atoms with Crippen LogP contribution in [0.4, 0.5) is 4.39 Å². The molecule has 1 unspecified atom stereocenters. The highest BCUT2D eigenvalue weighted by atomic mass is 19.1. The van der Waals surface area contributed by atoms with Crippen molar-refractivity contribution in [3.8, 4) is 22.6 Å². The van der Waals surface area contributed by atoms with Crippen LogP contribution in [0.25, 0.3) is 11.1 Å². The van der Waals surface area contributed by atoms with Crippen molar-refractivity contribution in [2.75, 3.05) is 0 Å². The molecule has 0 heterocycles. The number of carbonyl (C=O) groups is 1. The van der Waals surface area contributed by atoms with E-state index >= 15 is 0 Å². The second-order valence-corrected chi connectivity index (χ2v) is 6.82. The van der Waals surface area contributed by atoms with Gasteiger partial charge in [0.15, 0.2) is 0 Å². The molecule has 0 amide bonds. The largest absolute Gasteiger partial charge is 0.481 e. The summed E-state index contributed by atoms with van der Waals surface area (Å²) in [6.45, 7) is 0. The molecule has 0 radical (unpaired) electrons. The maximum absolute atomic E-state index is 13.6. The number of hydrogen-bond donors (Lipinski definition) is 1. The van der Waals surface area contributed by atoms with Gasteiger partial charge in [0.2, 0.25) is 0 Å². The van der Waals surface area contributed by atoms with Gasteiger partial charge in [-0.05, 0) is 66.3 Å². The van der Waals surface area contributed by atoms with E-state index in [1.54, 1.807) is 6.07 Å². The number of hydrogen-bond acceptors (Lipinski definition) is 2. The van der Waals surface area contributed by atoms with Gasteiger partial charge < -0.3 is 9.84 Å². The third kappa shape index (κ3) is 3.70. The van der Waals surface area contributed by atoms with Gasteiger partial charge >= 0.3 is 5.97 Å². The molecule has 0 aliphatic heterocycles. The minimum atomic E-state index is -0.747. The predicted octanol–water partition coefficient (Wildman–Crippen LogP) is 5.47. The molecule has 136 valence electrons. The van der Waals surface area contributed by atoms with Crippen LogP contribution in [0, 0.1) is 11.7 Å². The van der Waals surface area contributed by atoms with Crippen LogP contribution >= 0.6 is 0 Å². The van der Waals surface area contributed by atoms with E-state index in [1.807, 2.05) is 48.5 Å². The lowest BCUT2D eigenvalue weighted by Gasteiger charge is -2.22. The zero-order chi connectivity index (χ0) is 18.8. The molecule has 1 aliphatic rings. The highest BCUT2D eigenvalue weighted by molar-refractivity contribution is 5.72. The van der Waals surface area contributed by atoms with Gasteiger partial charge in [0.05, 0.1) is 5.92 Å². The van der Waals surface area contributed by atoms with Crippen LogP contribution in [-0.4, -0.2) is 11.1 Å². The van der Waals surface area contributed by atoms with Gasteiger partial charge in [-0.1, -0.05) is 36.4 Å². The predicted molar refractivity (Wildman–Crippen MR) is 102 cm³/mol. The number of aryl methyl sites for hydroxylation is 1. The molecule has 0 aromatic heterocycles. The van der Waals surface area contributed by atoms with Gasteiger partial charge in [-0.25, -0.2) is 4.39 Å². The molecular formula is C23H19FO3. The molecule has 0 fully saturated rings. The lowest BCUT2D eigenvalue weighted by molar-refractivity contribution is -0.142. The Morgan fingerprint density at radius 2 is 1.85 bits per heavy atom. The molecule has 4 rings (SSSR count). The lowest BCUT2D eigenvalue weighted by atomic mass is 9.84. The summed E-state index contributed by atoms with van der Waals surface area (Å²) >= 11 is 0. The lowest BCUT2D eigenvalue weighted by Crippen LogP contribution is -2.22. The standard InChI is InChI=1S/C23H19FO3/c24-19-5-3-4-16(13-19)21-6-1-2-7-22(21)27-20-11-10-15-8-9-17(23(25)26)12-18(15)14-20/h1-7,10-11,13-14,17H,8-9,12H2,(H,25,26). The molecule has 1 N–H and O–H groups in total. The van der Waals surface area contributed by atoms with Crippen LogP contribution in [0.2, 0.25) is 0 Å². The number of halogens is 1. The zero-order valence-electron chi connectivity index (χ0n) is 14.7. The summed E-state index contributed by atoms with van der Waals surface area (Å²) in [5.41, 5.74) is 3.75. The fraction of sp³-hybridized carbons (Fsp3) is 0.174. The number of benzene rings is 3. The van der Waals surface area contributed by atoms with Crippen LogP contribution in [0.1, 0.15) is 17.5 Å². The summed E-state index contributed by atoms with van der Waals surface area (Å²) < 4.78 is 19.7. The van der Waals surface area contributed by atoms with E-state index in [-0.39, 0.29) is 11.7 Å². The Morgan fingerprint density at radius 3 is 2.67 bits per heavy atom. The number of rotatable bonds is 4. The van der Waals surface area contributed by atoms with Crippen LogP contribution in [-0.2, 0) is 17.6 Å². The van der Waals surface area contributed by atoms with E-state index in [4.69, 9.17) is 4.74 Å². The molecule has 0 saturated carbocycles. The van der Waals surface area contributed by atoms with Crippen molar-refractivity contribution in [3.05, 3.63) is 83.7 Å². The zero-order valence-corrected chi connectivity index (χ0v) is 14.7. The maximum atomic E-state index is 13.6. The fourth-order valence-corrected chi connectivity index (χ4v) is 3.58. The molecule has 0 spiro atoms. The average Bonchev–Trinajstić information content (AvgIpc) is 2.68. The summed E-state index contributed by atoms with van der Waals surface area (Å²) in [4.78, 5) is 11.3. The monoisotopic (exact) mass is 362 g/mol. The molecule has 0 bridgehead atoms. The van der Waals surface area contributed by atoms with E-state index in [1.165, 1.54) is 17.7 Å². The van der Waals surface area contributed by atoms with Gasteiger partial charge in [0, 0.05) is 5.56 Å². The minimum absolute atomic E-state index is 0.296. The molecule has 27 heavy (non-hydrogen) atoms. The minimum Gasteiger partial charge on any atom is -0.481 e. The van der Waals surface area contributed by atoms with Gasteiger partial charge in [-0.3, -0.25) is 4.79 Å². The molecule has 3 aromatic carbocycles. The Balaban J connectivity index is 1.64. The molecule has 4 heteroatoms. The highest BCUT2D eigenvalue weighted by Crippen LogP contribution is 2.35. The first-order valence-corrected chi connectivity index (χ1v) is 8.97. The van der Waals surface area contributed by atoms with Crippen LogP contribution in [0.15, 0.2) is 66.7 Å². The van der Waals surface area contributed by atoms with Crippen molar-refractivity contribution in [3.63, 3.8) is 0 Å². The van der Waals surface area contributed by atoms with Crippen LogP contribution in [0.3, 0.4) is 0 Å². The maximum Gasteiger partial charge on any atom is 0.306 e. The molecule has 0 saturated heterocycles. The number of para-hydroxylation sites is 1. The number of carboxylic acids is 1. The van der Waals surface area contributed by atoms with Crippen molar-refractivity contribution in [1.29, 1.82) is 0 Å². The van der Waals surface area contributed by atoms with E-state index < -0.39 is 5.97 Å². The van der Waals surface area contributed by atoms with Gasteiger partial charge in [-0.2, -0.15) is 0 Å². The van der Waals surface area contributed by atoms with Gasteiger partial charge in [0.1, 0.15) is 17.3 Å². The van der Waals surface area contributed by atoms with E-state index in [0.29, 0.717) is 24.3 Å². The van der Waals surface area contributed by atoms with Crippen molar-refractivity contribution in [2.45, 2.75) is 19.3 Å². The summed E-state index contributed by atoms with van der Waals surface area (Å²) in [6.07, 6.45) is 1.96. The molecule has 1 aliphatic carbocycles. The summed E-state index contributed by atoms with van der Waals surface area (Å²) in [5, 5.41) is 9.29. The van der Waals surface area contributed by atoms with Crippen molar-refractivity contribution in [2.24, 2.45) is 5.92 Å². The quantitative estimate of drug-likeness (QED) is 0.669. The van der Waals surface area contributed by atoms with Crippen LogP contribution in [0.5, 0.6) is 11.5 Å². The SMILES string of the molecule is O=C(O)C1CCc2ccc(Oc3ccccc3-c3cccc(F)c3)cc2C1. The Labute approximate surface area is 157 Å². The average molecular weight is 362 g/mol. The fourth-order valence-electron chi connectivity index (χ4n) is 3.58. The van der Waals surface area contributed by atoms with Gasteiger partial charge in [-0.15, -0.1) is 0 Å². The molecule has 3 aromatic rings. The molecule has 1 atom stereocenters. The number of ether oxygens (including phenoxy) is 1. The first-order chi connectivity index (χ1) is 13.1. The number of fused-ring (bicyclic) bond motifs is 1. The normalized spacial score (nSPS) is 15.8. The topological polar surface area (TPSA) is 46.5 Å². The summed E-state index contributed by atoms with van der Waals surface area (Å²) in [6, 6.07) is 19.7. The number of aliphatic carboxylic acids is 1. The Morgan fingerprint density at radius 1 is 1.00 bits per heavy atom. The Hall–Kier alpha value is -3.14. The number of carboxylic acid groups (broad SMARTS) is 1. The summed E-state index contributed by atoms with van der Waals surface area (Å²) in [7, 11) is 0. The molecule has 3 nitrogen and oxygen atoms in total. The van der Waals surface area contributed by atoms with E-state index in [2.05, 4.69) is 0 Å². The second kappa shape index (κ2) is 7.23. The first kappa shape index (κ1) is 17.3. The highest BCUT2D eigenvalue weighted by Gasteiger charge is 2.24. The molecular weight excluding hydrogens is 343 g/mol. The van der Waals surface area contributed by atoms with Crippen molar-refractivity contribution in [1.82, 2.24) is 0 Å². The first-order valence-electron chi connectivity index (χ1n) is 8.97. The van der Waals surface area contributed by atoms with Crippen LogP contribution < -0.4 is 4.74 Å². The van der Waals surface area contributed by atoms with Crippen molar-refractivity contribution < 1.29 is 19.0 Å². The Bertz CT molecular complexity index is 996. The Kier molecular flexibility index (Phi) is 4.63. The summed E-state index contributed by atoms with van der Waals surface area (Å²) in [5.74, 6) is -0.0937. The third-order valence-electron chi connectivity index (χ3n) is 5.01. The second-order valence-electron chi connectivity index (χ2n) is 6.82. The van der Waals surface area contributed by atoms with E-state index in [9.17, 15) is 14.3 Å². The third-order valence-corrected chi connectivity index (χ3v) is 5.01. The smallest absolute Gasteiger partial charge is 0.306 e. The van der Waals surface area contributed by atoms with Gasteiger partial charge in [0.25, 0.3) is 0 Å².